The predicted molar refractivity (Wildman–Crippen MR) is 95.8 cm³/mol. The summed E-state index contributed by atoms with van der Waals surface area (Å²) >= 11 is 0. The molecule has 1 heterocycles. The Morgan fingerprint density at radius 2 is 1.92 bits per heavy atom. The third-order valence-corrected chi connectivity index (χ3v) is 4.42. The number of ether oxygens (including phenoxy) is 1. The third kappa shape index (κ3) is 6.32. The zero-order chi connectivity index (χ0) is 18.7. The molecule has 1 aromatic rings. The second kappa shape index (κ2) is 7.74. The zero-order valence-corrected chi connectivity index (χ0v) is 16.1. The highest BCUT2D eigenvalue weighted by Gasteiger charge is 2.30. The van der Waals surface area contributed by atoms with Crippen molar-refractivity contribution in [2.24, 2.45) is 5.41 Å². The highest BCUT2D eigenvalue weighted by Crippen LogP contribution is 2.23. The van der Waals surface area contributed by atoms with E-state index in [1.807, 2.05) is 25.7 Å². The number of hydrogen-bond acceptors (Lipinski definition) is 5. The lowest BCUT2D eigenvalue weighted by atomic mass is 9.94. The van der Waals surface area contributed by atoms with E-state index in [-0.39, 0.29) is 17.8 Å². The molecule has 0 radical (unpaired) electrons. The van der Waals surface area contributed by atoms with Crippen LogP contribution >= 0.6 is 0 Å². The van der Waals surface area contributed by atoms with Crippen LogP contribution in [0.5, 0.6) is 5.75 Å². The van der Waals surface area contributed by atoms with Crippen LogP contribution in [0.2, 0.25) is 0 Å². The first-order chi connectivity index (χ1) is 11.5. The van der Waals surface area contributed by atoms with E-state index < -0.39 is 15.5 Å². The van der Waals surface area contributed by atoms with Gasteiger partial charge in [-0.2, -0.15) is 8.42 Å². The van der Waals surface area contributed by atoms with E-state index in [2.05, 4.69) is 0 Å². The van der Waals surface area contributed by atoms with Gasteiger partial charge in [0.15, 0.2) is 0 Å². The maximum Gasteiger partial charge on any atom is 0.306 e. The molecule has 0 spiro atoms. The van der Waals surface area contributed by atoms with Gasteiger partial charge in [0.2, 0.25) is 5.91 Å². The Balaban J connectivity index is 2.10. The summed E-state index contributed by atoms with van der Waals surface area (Å²) in [6, 6.07) is 6.75. The quantitative estimate of drug-likeness (QED) is 0.721. The summed E-state index contributed by atoms with van der Waals surface area (Å²) < 4.78 is 32.9. The predicted octanol–water partition coefficient (Wildman–Crippen LogP) is 2.58. The molecule has 0 aromatic heterocycles. The Kier molecular flexibility index (Phi) is 6.11. The molecular formula is C18H27NO5S. The molecule has 1 aromatic carbocycles. The van der Waals surface area contributed by atoms with Gasteiger partial charge in [0.25, 0.3) is 0 Å². The molecule has 0 N–H and O–H groups in total. The van der Waals surface area contributed by atoms with Crippen LogP contribution in [0.15, 0.2) is 24.3 Å². The van der Waals surface area contributed by atoms with Crippen molar-refractivity contribution in [3.8, 4) is 5.75 Å². The number of hydrogen-bond donors (Lipinski definition) is 0. The van der Waals surface area contributed by atoms with Gasteiger partial charge in [-0.05, 0) is 30.5 Å². The first-order valence-electron chi connectivity index (χ1n) is 8.44. The normalized spacial score (nSPS) is 18.2. The number of carbonyl (C=O) groups excluding carboxylic acids is 1. The van der Waals surface area contributed by atoms with E-state index in [4.69, 9.17) is 8.92 Å². The van der Waals surface area contributed by atoms with Gasteiger partial charge in [-0.25, -0.2) is 0 Å². The molecule has 1 fully saturated rings. The van der Waals surface area contributed by atoms with Crippen LogP contribution in [0.3, 0.4) is 0 Å². The van der Waals surface area contributed by atoms with Crippen LogP contribution < -0.4 is 4.18 Å². The van der Waals surface area contributed by atoms with Crippen LogP contribution in [0.25, 0.3) is 0 Å². The van der Waals surface area contributed by atoms with Gasteiger partial charge in [-0.15, -0.1) is 0 Å². The second-order valence-electron chi connectivity index (χ2n) is 7.50. The topological polar surface area (TPSA) is 72.9 Å². The first kappa shape index (κ1) is 19.7. The fourth-order valence-electron chi connectivity index (χ4n) is 2.77. The van der Waals surface area contributed by atoms with Gasteiger partial charge in [-0.1, -0.05) is 32.9 Å². The Labute approximate surface area is 150 Å². The molecule has 25 heavy (non-hydrogen) atoms. The van der Waals surface area contributed by atoms with Crippen molar-refractivity contribution in [1.82, 2.24) is 4.90 Å². The summed E-state index contributed by atoms with van der Waals surface area (Å²) in [5.74, 6) is 0.332. The highest BCUT2D eigenvalue weighted by atomic mass is 32.2. The fraction of sp³-hybridized carbons (Fsp3) is 0.611. The molecule has 6 nitrogen and oxygen atoms in total. The summed E-state index contributed by atoms with van der Waals surface area (Å²) in [5.41, 5.74) is 0.439. The second-order valence-corrected chi connectivity index (χ2v) is 9.08. The van der Waals surface area contributed by atoms with Crippen LogP contribution in [0.4, 0.5) is 0 Å². The van der Waals surface area contributed by atoms with E-state index in [1.54, 1.807) is 24.3 Å². The highest BCUT2D eigenvalue weighted by molar-refractivity contribution is 7.86. The van der Waals surface area contributed by atoms with Crippen molar-refractivity contribution in [3.05, 3.63) is 29.8 Å². The SMILES string of the molecule is CC(C)(C)C(=O)N(Cc1ccc(OS(C)(=O)=O)cc1)CC1CCCO1. The fourth-order valence-corrected chi connectivity index (χ4v) is 3.23. The molecule has 1 aliphatic heterocycles. The first-order valence-corrected chi connectivity index (χ1v) is 10.3. The molecule has 1 aliphatic rings. The van der Waals surface area contributed by atoms with Gasteiger partial charge in [-0.3, -0.25) is 4.79 Å². The molecule has 1 atom stereocenters. The number of nitrogens with zero attached hydrogens (tertiary/aromatic N) is 1. The number of carbonyl (C=O) groups is 1. The number of benzene rings is 1. The summed E-state index contributed by atoms with van der Waals surface area (Å²) in [6.07, 6.45) is 3.08. The smallest absolute Gasteiger partial charge is 0.306 e. The van der Waals surface area contributed by atoms with E-state index in [0.29, 0.717) is 13.1 Å². The molecule has 1 saturated heterocycles. The van der Waals surface area contributed by atoms with Gasteiger partial charge >= 0.3 is 10.1 Å². The molecule has 2 rings (SSSR count). The molecule has 140 valence electrons. The molecule has 1 amide bonds. The average Bonchev–Trinajstić information content (AvgIpc) is 2.98. The van der Waals surface area contributed by atoms with Gasteiger partial charge < -0.3 is 13.8 Å². The maximum atomic E-state index is 12.8. The van der Waals surface area contributed by atoms with Crippen molar-refractivity contribution >= 4 is 16.0 Å². The van der Waals surface area contributed by atoms with Gasteiger partial charge in [0, 0.05) is 25.1 Å². The van der Waals surface area contributed by atoms with E-state index in [1.165, 1.54) is 0 Å². The lowest BCUT2D eigenvalue weighted by Crippen LogP contribution is -2.42. The van der Waals surface area contributed by atoms with E-state index >= 15 is 0 Å². The molecule has 0 saturated carbocycles. The summed E-state index contributed by atoms with van der Waals surface area (Å²) in [6.45, 7) is 7.48. The van der Waals surface area contributed by atoms with Crippen LogP contribution in [-0.2, 0) is 26.2 Å². The summed E-state index contributed by atoms with van der Waals surface area (Å²) in [4.78, 5) is 14.6. The van der Waals surface area contributed by atoms with Crippen molar-refractivity contribution in [2.75, 3.05) is 19.4 Å². The number of rotatable bonds is 6. The molecular weight excluding hydrogens is 342 g/mol. The van der Waals surface area contributed by atoms with E-state index in [9.17, 15) is 13.2 Å². The van der Waals surface area contributed by atoms with Gasteiger partial charge in [0.05, 0.1) is 12.4 Å². The van der Waals surface area contributed by atoms with Crippen molar-refractivity contribution in [3.63, 3.8) is 0 Å². The Morgan fingerprint density at radius 3 is 2.40 bits per heavy atom. The number of amides is 1. The van der Waals surface area contributed by atoms with Crippen molar-refractivity contribution in [1.29, 1.82) is 0 Å². The minimum absolute atomic E-state index is 0.0689. The summed E-state index contributed by atoms with van der Waals surface area (Å²) in [5, 5.41) is 0. The van der Waals surface area contributed by atoms with Crippen molar-refractivity contribution < 1.29 is 22.1 Å². The molecule has 1 unspecified atom stereocenters. The molecule has 0 aliphatic carbocycles. The Hall–Kier alpha value is -1.60. The van der Waals surface area contributed by atoms with E-state index in [0.717, 1.165) is 31.3 Å². The summed E-state index contributed by atoms with van der Waals surface area (Å²) in [7, 11) is -3.54. The Bertz CT molecular complexity index is 685. The van der Waals surface area contributed by atoms with Crippen molar-refractivity contribution in [2.45, 2.75) is 46.3 Å². The molecule has 0 bridgehead atoms. The minimum atomic E-state index is -3.54. The van der Waals surface area contributed by atoms with Crippen LogP contribution in [0, 0.1) is 5.41 Å². The standard InChI is InChI=1S/C18H27NO5S/c1-18(2,3)17(20)19(13-16-6-5-11-23-16)12-14-7-9-15(10-8-14)24-25(4,21)22/h7-10,16H,5-6,11-13H2,1-4H3. The maximum absolute atomic E-state index is 12.8. The minimum Gasteiger partial charge on any atom is -0.383 e. The molecule has 7 heteroatoms. The average molecular weight is 369 g/mol. The Morgan fingerprint density at radius 1 is 1.28 bits per heavy atom. The van der Waals surface area contributed by atoms with Crippen LogP contribution in [-0.4, -0.2) is 44.7 Å². The lowest BCUT2D eigenvalue weighted by molar-refractivity contribution is -0.141. The zero-order valence-electron chi connectivity index (χ0n) is 15.3. The largest absolute Gasteiger partial charge is 0.383 e. The van der Waals surface area contributed by atoms with Crippen LogP contribution in [0.1, 0.15) is 39.2 Å². The lowest BCUT2D eigenvalue weighted by Gasteiger charge is -2.31. The monoisotopic (exact) mass is 369 g/mol. The third-order valence-electron chi connectivity index (χ3n) is 3.92. The van der Waals surface area contributed by atoms with Gasteiger partial charge in [0.1, 0.15) is 5.75 Å².